The zero-order valence-electron chi connectivity index (χ0n) is 11.1. The topological polar surface area (TPSA) is 43.6 Å². The van der Waals surface area contributed by atoms with Gasteiger partial charge < -0.3 is 0 Å². The summed E-state index contributed by atoms with van der Waals surface area (Å²) in [5, 5.41) is 4.88. The summed E-state index contributed by atoms with van der Waals surface area (Å²) in [6.45, 7) is 6.25. The molecule has 2 aromatic heterocycles. The van der Waals surface area contributed by atoms with E-state index < -0.39 is 0 Å². The molecule has 0 N–H and O–H groups in total. The summed E-state index contributed by atoms with van der Waals surface area (Å²) in [5.74, 6) is 0.988. The second-order valence-corrected chi connectivity index (χ2v) is 5.00. The predicted octanol–water partition coefficient (Wildman–Crippen LogP) is 3.22. The molecule has 0 radical (unpaired) electrons. The van der Waals surface area contributed by atoms with Gasteiger partial charge >= 0.3 is 0 Å². The van der Waals surface area contributed by atoms with Crippen molar-refractivity contribution in [1.82, 2.24) is 19.7 Å². The zero-order valence-corrected chi connectivity index (χ0v) is 11.9. The third-order valence-electron chi connectivity index (χ3n) is 2.79. The van der Waals surface area contributed by atoms with Crippen LogP contribution in [0.15, 0.2) is 12.3 Å². The Hall–Kier alpha value is -1.42. The van der Waals surface area contributed by atoms with Gasteiger partial charge in [0.2, 0.25) is 0 Å². The van der Waals surface area contributed by atoms with Crippen LogP contribution in [0.4, 0.5) is 0 Å². The minimum absolute atomic E-state index is 0.325. The van der Waals surface area contributed by atoms with Crippen molar-refractivity contribution < 1.29 is 0 Å². The first-order chi connectivity index (χ1) is 8.51. The van der Waals surface area contributed by atoms with Gasteiger partial charge in [-0.05, 0) is 18.4 Å². The average molecular weight is 265 g/mol. The molecule has 2 rings (SSSR count). The summed E-state index contributed by atoms with van der Waals surface area (Å²) in [5.41, 5.74) is 2.91. The van der Waals surface area contributed by atoms with Crippen molar-refractivity contribution in [2.45, 2.75) is 33.1 Å². The van der Waals surface area contributed by atoms with Crippen LogP contribution in [0.5, 0.6) is 0 Å². The molecule has 5 heteroatoms. The van der Waals surface area contributed by atoms with E-state index in [1.165, 1.54) is 0 Å². The minimum Gasteiger partial charge on any atom is -0.275 e. The largest absolute Gasteiger partial charge is 0.275 e. The van der Waals surface area contributed by atoms with E-state index in [1.807, 2.05) is 19.3 Å². The standard InChI is InChI=1S/C13H17ClN4/c1-5-10-9(7-18(4)17-10)13-15-11(8(2)3)6-12(14)16-13/h6-8H,5H2,1-4H3. The van der Waals surface area contributed by atoms with Gasteiger partial charge in [0.05, 0.1) is 11.3 Å². The maximum absolute atomic E-state index is 6.07. The number of nitrogens with zero attached hydrogens (tertiary/aromatic N) is 4. The van der Waals surface area contributed by atoms with Gasteiger partial charge in [0.25, 0.3) is 0 Å². The number of hydrogen-bond acceptors (Lipinski definition) is 3. The number of hydrogen-bond donors (Lipinski definition) is 0. The summed E-state index contributed by atoms with van der Waals surface area (Å²) in [6.07, 6.45) is 2.79. The van der Waals surface area contributed by atoms with Gasteiger partial charge in [-0.2, -0.15) is 5.10 Å². The molecule has 0 aliphatic heterocycles. The molecule has 0 aliphatic carbocycles. The maximum Gasteiger partial charge on any atom is 0.164 e. The Bertz CT molecular complexity index is 560. The van der Waals surface area contributed by atoms with Crippen LogP contribution in [-0.2, 0) is 13.5 Å². The van der Waals surface area contributed by atoms with Gasteiger partial charge in [0.15, 0.2) is 5.82 Å². The highest BCUT2D eigenvalue weighted by Crippen LogP contribution is 2.24. The van der Waals surface area contributed by atoms with Gasteiger partial charge in [-0.15, -0.1) is 0 Å². The molecule has 0 atom stereocenters. The van der Waals surface area contributed by atoms with Crippen LogP contribution in [0.2, 0.25) is 5.15 Å². The smallest absolute Gasteiger partial charge is 0.164 e. The van der Waals surface area contributed by atoms with Crippen LogP contribution >= 0.6 is 11.6 Å². The summed E-state index contributed by atoms with van der Waals surface area (Å²) in [4.78, 5) is 8.89. The summed E-state index contributed by atoms with van der Waals surface area (Å²) in [6, 6.07) is 1.82. The first kappa shape index (κ1) is 13.0. The quantitative estimate of drug-likeness (QED) is 0.800. The van der Waals surface area contributed by atoms with Crippen LogP contribution in [-0.4, -0.2) is 19.7 Å². The van der Waals surface area contributed by atoms with Gasteiger partial charge in [-0.1, -0.05) is 32.4 Å². The first-order valence-electron chi connectivity index (χ1n) is 6.08. The molecule has 0 aromatic carbocycles. The second-order valence-electron chi connectivity index (χ2n) is 4.61. The van der Waals surface area contributed by atoms with E-state index in [4.69, 9.17) is 11.6 Å². The van der Waals surface area contributed by atoms with E-state index >= 15 is 0 Å². The van der Waals surface area contributed by atoms with Gasteiger partial charge in [-0.3, -0.25) is 4.68 Å². The fourth-order valence-electron chi connectivity index (χ4n) is 1.83. The Morgan fingerprint density at radius 2 is 2.06 bits per heavy atom. The Kier molecular flexibility index (Phi) is 3.66. The Morgan fingerprint density at radius 3 is 2.67 bits per heavy atom. The molecule has 0 fully saturated rings. The lowest BCUT2D eigenvalue weighted by Gasteiger charge is -2.07. The second kappa shape index (κ2) is 5.06. The van der Waals surface area contributed by atoms with Crippen molar-refractivity contribution in [3.8, 4) is 11.4 Å². The van der Waals surface area contributed by atoms with Crippen LogP contribution in [0, 0.1) is 0 Å². The third-order valence-corrected chi connectivity index (χ3v) is 2.98. The van der Waals surface area contributed by atoms with E-state index in [0.717, 1.165) is 23.4 Å². The molecule has 0 saturated heterocycles. The molecule has 18 heavy (non-hydrogen) atoms. The van der Waals surface area contributed by atoms with Crippen LogP contribution in [0.1, 0.15) is 38.1 Å². The van der Waals surface area contributed by atoms with Gasteiger partial charge in [-0.25, -0.2) is 9.97 Å². The monoisotopic (exact) mass is 264 g/mol. The molecule has 0 unspecified atom stereocenters. The van der Waals surface area contributed by atoms with Crippen molar-refractivity contribution in [1.29, 1.82) is 0 Å². The molecule has 0 spiro atoms. The van der Waals surface area contributed by atoms with E-state index in [2.05, 4.69) is 35.8 Å². The molecule has 0 aliphatic rings. The molecule has 96 valence electrons. The molecule has 0 amide bonds. The molecule has 2 heterocycles. The Morgan fingerprint density at radius 1 is 1.33 bits per heavy atom. The van der Waals surface area contributed by atoms with Crippen molar-refractivity contribution in [2.24, 2.45) is 7.05 Å². The van der Waals surface area contributed by atoms with E-state index in [9.17, 15) is 0 Å². The Labute approximate surface area is 112 Å². The lowest BCUT2D eigenvalue weighted by atomic mass is 10.1. The van der Waals surface area contributed by atoms with Crippen LogP contribution in [0.25, 0.3) is 11.4 Å². The molecule has 0 bridgehead atoms. The molecule has 4 nitrogen and oxygen atoms in total. The van der Waals surface area contributed by atoms with E-state index in [0.29, 0.717) is 16.9 Å². The predicted molar refractivity (Wildman–Crippen MR) is 72.7 cm³/mol. The van der Waals surface area contributed by atoms with Crippen LogP contribution in [0.3, 0.4) is 0 Å². The van der Waals surface area contributed by atoms with Crippen LogP contribution < -0.4 is 0 Å². The van der Waals surface area contributed by atoms with Crippen molar-refractivity contribution >= 4 is 11.6 Å². The minimum atomic E-state index is 0.325. The fourth-order valence-corrected chi connectivity index (χ4v) is 2.03. The highest BCUT2D eigenvalue weighted by atomic mass is 35.5. The highest BCUT2D eigenvalue weighted by Gasteiger charge is 2.14. The Balaban J connectivity index is 2.56. The molecular weight excluding hydrogens is 248 g/mol. The summed E-state index contributed by atoms with van der Waals surface area (Å²) < 4.78 is 1.79. The third kappa shape index (κ3) is 2.53. The van der Waals surface area contributed by atoms with E-state index in [1.54, 1.807) is 4.68 Å². The number of aryl methyl sites for hydroxylation is 2. The normalized spacial score (nSPS) is 11.2. The molecule has 0 saturated carbocycles. The lowest BCUT2D eigenvalue weighted by Crippen LogP contribution is -1.99. The number of rotatable bonds is 3. The zero-order chi connectivity index (χ0) is 13.3. The average Bonchev–Trinajstić information content (AvgIpc) is 2.69. The van der Waals surface area contributed by atoms with E-state index in [-0.39, 0.29) is 0 Å². The van der Waals surface area contributed by atoms with Crippen molar-refractivity contribution in [2.75, 3.05) is 0 Å². The number of aromatic nitrogens is 4. The highest BCUT2D eigenvalue weighted by molar-refractivity contribution is 6.29. The summed E-state index contributed by atoms with van der Waals surface area (Å²) >= 11 is 6.07. The van der Waals surface area contributed by atoms with Gasteiger partial charge in [0, 0.05) is 18.9 Å². The van der Waals surface area contributed by atoms with Crippen molar-refractivity contribution in [3.05, 3.63) is 28.8 Å². The molecule has 2 aromatic rings. The lowest BCUT2D eigenvalue weighted by molar-refractivity contribution is 0.746. The SMILES string of the molecule is CCc1nn(C)cc1-c1nc(Cl)cc(C(C)C)n1. The summed E-state index contributed by atoms with van der Waals surface area (Å²) in [7, 11) is 1.90. The fraction of sp³-hybridized carbons (Fsp3) is 0.462. The number of halogens is 1. The van der Waals surface area contributed by atoms with Gasteiger partial charge in [0.1, 0.15) is 5.15 Å². The van der Waals surface area contributed by atoms with Crippen molar-refractivity contribution in [3.63, 3.8) is 0 Å². The maximum atomic E-state index is 6.07. The molecular formula is C13H17ClN4. The first-order valence-corrected chi connectivity index (χ1v) is 6.46.